The number of carbonyl (C=O) groups is 2. The van der Waals surface area contributed by atoms with E-state index >= 15 is 0 Å². The van der Waals surface area contributed by atoms with Crippen LogP contribution in [0.3, 0.4) is 0 Å². The van der Waals surface area contributed by atoms with Crippen LogP contribution in [0.2, 0.25) is 0 Å². The van der Waals surface area contributed by atoms with Gasteiger partial charge in [0, 0.05) is 0 Å². The lowest BCUT2D eigenvalue weighted by molar-refractivity contribution is -0.161. The van der Waals surface area contributed by atoms with E-state index < -0.39 is 17.9 Å². The Morgan fingerprint density at radius 2 is 0.696 bits per heavy atom. The molecule has 0 saturated carbocycles. The summed E-state index contributed by atoms with van der Waals surface area (Å²) in [5.41, 5.74) is 9.95. The third kappa shape index (κ3) is 24.4. The number of ether oxygens (including phenoxy) is 2. The predicted octanol–water partition coefficient (Wildman–Crippen LogP) is 12.4. The van der Waals surface area contributed by atoms with Gasteiger partial charge in [-0.25, -0.2) is 0 Å². The van der Waals surface area contributed by atoms with Gasteiger partial charge in [-0.2, -0.15) is 0 Å². The molecule has 0 radical (unpaired) electrons. The predicted molar refractivity (Wildman–Crippen MR) is 199 cm³/mol. The first kappa shape index (κ1) is 43.1. The fourth-order valence-electron chi connectivity index (χ4n) is 5.03. The van der Waals surface area contributed by atoms with Gasteiger partial charge in [0.15, 0.2) is 5.92 Å². The Balaban J connectivity index is 4.41. The van der Waals surface area contributed by atoms with Gasteiger partial charge in [0.05, 0.1) is 13.2 Å². The maximum absolute atomic E-state index is 12.2. The molecule has 0 atom stereocenters. The molecule has 0 unspecified atom stereocenters. The molecule has 0 aromatic carbocycles. The highest BCUT2D eigenvalue weighted by Crippen LogP contribution is 2.18. The molecule has 0 aliphatic carbocycles. The molecule has 4 heteroatoms. The summed E-state index contributed by atoms with van der Waals surface area (Å²) in [6.07, 6.45) is 29.7. The van der Waals surface area contributed by atoms with Crippen LogP contribution in [0.25, 0.3) is 0 Å². The summed E-state index contributed by atoms with van der Waals surface area (Å²) in [6, 6.07) is 0. The number of carbonyl (C=O) groups excluding carboxylic acids is 2. The molecular weight excluding hydrogens is 568 g/mol. The number of allylic oxidation sites excluding steroid dienone is 14. The maximum atomic E-state index is 12.2. The molecule has 0 bridgehead atoms. The number of hydrogen-bond acceptors (Lipinski definition) is 4. The Morgan fingerprint density at radius 1 is 0.435 bits per heavy atom. The summed E-state index contributed by atoms with van der Waals surface area (Å²) in [6.45, 7) is 21.6. The lowest BCUT2D eigenvalue weighted by atomic mass is 10.0. The zero-order valence-corrected chi connectivity index (χ0v) is 31.4. The monoisotopic (exact) mass is 637 g/mol. The molecule has 0 rings (SSSR count). The van der Waals surface area contributed by atoms with E-state index in [-0.39, 0.29) is 13.2 Å². The van der Waals surface area contributed by atoms with Crippen LogP contribution in [0.15, 0.2) is 81.5 Å². The van der Waals surface area contributed by atoms with Gasteiger partial charge in [-0.3, -0.25) is 9.59 Å². The van der Waals surface area contributed by atoms with E-state index in [1.165, 1.54) is 39.9 Å². The van der Waals surface area contributed by atoms with Crippen LogP contribution in [0.1, 0.15) is 153 Å². The molecule has 0 amide bonds. The second-order valence-corrected chi connectivity index (χ2v) is 13.1. The molecular formula is C42H68O4. The van der Waals surface area contributed by atoms with Gasteiger partial charge in [0.2, 0.25) is 0 Å². The molecule has 0 fully saturated rings. The summed E-state index contributed by atoms with van der Waals surface area (Å²) in [4.78, 5) is 24.3. The maximum Gasteiger partial charge on any atom is 0.320 e. The van der Waals surface area contributed by atoms with Crippen LogP contribution in [0.5, 0.6) is 0 Å². The molecule has 0 aromatic rings. The molecule has 260 valence electrons. The third-order valence-electron chi connectivity index (χ3n) is 8.09. The molecule has 0 aliphatic rings. The first-order valence-electron chi connectivity index (χ1n) is 17.8. The highest BCUT2D eigenvalue weighted by atomic mass is 16.6. The zero-order valence-electron chi connectivity index (χ0n) is 31.4. The molecule has 0 aromatic heterocycles. The Morgan fingerprint density at radius 3 is 0.957 bits per heavy atom. The van der Waals surface area contributed by atoms with Crippen molar-refractivity contribution in [3.05, 3.63) is 81.5 Å². The van der Waals surface area contributed by atoms with Crippen molar-refractivity contribution in [2.45, 2.75) is 153 Å². The van der Waals surface area contributed by atoms with Crippen molar-refractivity contribution in [2.24, 2.45) is 5.92 Å². The van der Waals surface area contributed by atoms with Gasteiger partial charge < -0.3 is 9.47 Å². The topological polar surface area (TPSA) is 52.6 Å². The standard InChI is InChI=1S/C42H68O4/c1-11-45-41(43)40(42(44)46-12-2)32-31-39(10)30-18-29-38(9)28-17-27-37(8)26-16-25-36(7)24-15-23-35(6)22-14-21-34(5)20-13-19-33(3)4/h19,21,23,25,27,29,31,40H,11-18,20,22,24,26,28,30,32H2,1-10H3/b34-21+,35-23+,36-25-,37-27-,38-29-,39-31-. The Hall–Kier alpha value is -2.88. The van der Waals surface area contributed by atoms with E-state index in [0.29, 0.717) is 6.42 Å². The number of rotatable bonds is 24. The highest BCUT2D eigenvalue weighted by Gasteiger charge is 2.28. The van der Waals surface area contributed by atoms with E-state index in [9.17, 15) is 9.59 Å². The SMILES string of the molecule is CCOC(=O)C(C/C=C(/C)CC/C=C(/C)CC/C=C(/C)CC/C=C(/C)CC/C=C(\C)CC/C=C(\C)CCC=C(C)C)C(=O)OCC. The summed E-state index contributed by atoms with van der Waals surface area (Å²) >= 11 is 0. The van der Waals surface area contributed by atoms with Gasteiger partial charge in [0.1, 0.15) is 0 Å². The first-order valence-corrected chi connectivity index (χ1v) is 17.8. The number of hydrogen-bond donors (Lipinski definition) is 0. The zero-order chi connectivity index (χ0) is 34.7. The molecule has 46 heavy (non-hydrogen) atoms. The molecule has 0 saturated heterocycles. The van der Waals surface area contributed by atoms with E-state index in [1.807, 2.05) is 13.0 Å². The largest absolute Gasteiger partial charge is 0.465 e. The average Bonchev–Trinajstić information content (AvgIpc) is 2.97. The van der Waals surface area contributed by atoms with Crippen molar-refractivity contribution in [1.82, 2.24) is 0 Å². The molecule has 0 aliphatic heterocycles. The van der Waals surface area contributed by atoms with Gasteiger partial charge in [-0.05, 0) is 153 Å². The van der Waals surface area contributed by atoms with Gasteiger partial charge >= 0.3 is 11.9 Å². The van der Waals surface area contributed by atoms with E-state index in [0.717, 1.165) is 76.2 Å². The van der Waals surface area contributed by atoms with Crippen molar-refractivity contribution in [3.8, 4) is 0 Å². The van der Waals surface area contributed by atoms with Crippen LogP contribution >= 0.6 is 0 Å². The third-order valence-corrected chi connectivity index (χ3v) is 8.09. The van der Waals surface area contributed by atoms with Crippen molar-refractivity contribution >= 4 is 11.9 Å². The summed E-state index contributed by atoms with van der Waals surface area (Å²) in [7, 11) is 0. The van der Waals surface area contributed by atoms with Crippen LogP contribution in [-0.4, -0.2) is 25.2 Å². The van der Waals surface area contributed by atoms with Gasteiger partial charge in [-0.1, -0.05) is 81.5 Å². The average molecular weight is 637 g/mol. The lowest BCUT2D eigenvalue weighted by Crippen LogP contribution is -2.27. The van der Waals surface area contributed by atoms with Crippen LogP contribution in [0, 0.1) is 5.92 Å². The smallest absolute Gasteiger partial charge is 0.320 e. The summed E-state index contributed by atoms with van der Waals surface area (Å²) in [5.74, 6) is -1.91. The molecule has 0 heterocycles. The normalized spacial score (nSPS) is 13.7. The van der Waals surface area contributed by atoms with Crippen molar-refractivity contribution < 1.29 is 19.1 Å². The molecule has 0 spiro atoms. The van der Waals surface area contributed by atoms with E-state index in [2.05, 4.69) is 84.9 Å². The van der Waals surface area contributed by atoms with Gasteiger partial charge in [0.25, 0.3) is 0 Å². The highest BCUT2D eigenvalue weighted by molar-refractivity contribution is 5.95. The second kappa shape index (κ2) is 27.3. The quantitative estimate of drug-likeness (QED) is 0.0601. The van der Waals surface area contributed by atoms with Crippen molar-refractivity contribution in [3.63, 3.8) is 0 Å². The lowest BCUT2D eigenvalue weighted by Gasteiger charge is -2.13. The summed E-state index contributed by atoms with van der Waals surface area (Å²) < 4.78 is 10.1. The van der Waals surface area contributed by atoms with Crippen molar-refractivity contribution in [1.29, 1.82) is 0 Å². The fraction of sp³-hybridized carbons (Fsp3) is 0.619. The fourth-order valence-corrected chi connectivity index (χ4v) is 5.03. The van der Waals surface area contributed by atoms with Crippen molar-refractivity contribution in [2.75, 3.05) is 13.2 Å². The Labute approximate surface area is 283 Å². The van der Waals surface area contributed by atoms with E-state index in [1.54, 1.807) is 13.8 Å². The van der Waals surface area contributed by atoms with Crippen LogP contribution in [0.4, 0.5) is 0 Å². The Kier molecular flexibility index (Phi) is 25.5. The second-order valence-electron chi connectivity index (χ2n) is 13.1. The number of esters is 2. The minimum atomic E-state index is -0.886. The molecule has 0 N–H and O–H groups in total. The van der Waals surface area contributed by atoms with Crippen LogP contribution < -0.4 is 0 Å². The van der Waals surface area contributed by atoms with Crippen LogP contribution in [-0.2, 0) is 19.1 Å². The van der Waals surface area contributed by atoms with E-state index in [4.69, 9.17) is 9.47 Å². The summed E-state index contributed by atoms with van der Waals surface area (Å²) in [5, 5.41) is 0. The van der Waals surface area contributed by atoms with Gasteiger partial charge in [-0.15, -0.1) is 0 Å². The minimum Gasteiger partial charge on any atom is -0.465 e. The first-order chi connectivity index (χ1) is 21.9. The Bertz CT molecular complexity index is 1080. The molecule has 4 nitrogen and oxygen atoms in total. The minimum absolute atomic E-state index is 0.251.